The van der Waals surface area contributed by atoms with Gasteiger partial charge in [-0.25, -0.2) is 0 Å². The predicted molar refractivity (Wildman–Crippen MR) is 242 cm³/mol. The summed E-state index contributed by atoms with van der Waals surface area (Å²) >= 11 is 0. The van der Waals surface area contributed by atoms with Crippen molar-refractivity contribution in [3.8, 4) is 50.2 Å². The van der Waals surface area contributed by atoms with Gasteiger partial charge in [-0.3, -0.25) is 0 Å². The third-order valence-electron chi connectivity index (χ3n) is 11.1. The van der Waals surface area contributed by atoms with Gasteiger partial charge in [-0.2, -0.15) is 0 Å². The molecule has 2 nitrogen and oxygen atoms in total. The topological polar surface area (TPSA) is 8.17 Å². The summed E-state index contributed by atoms with van der Waals surface area (Å²) in [5, 5.41) is 2.41. The fourth-order valence-electron chi connectivity index (χ4n) is 8.43. The highest BCUT2D eigenvalue weighted by Gasteiger charge is 2.23. The van der Waals surface area contributed by atoms with Gasteiger partial charge in [0, 0.05) is 27.7 Å². The summed E-state index contributed by atoms with van der Waals surface area (Å²) in [4.78, 5) is 2.42. The Morgan fingerprint density at radius 2 is 0.860 bits per heavy atom. The molecule has 2 heteroatoms. The first-order chi connectivity index (χ1) is 28.2. The molecule has 0 unspecified atom stereocenters. The molecule has 0 bridgehead atoms. The SMILES string of the molecule is Cc1cccc(-c2c(-c3ccccc3)cccc2-n2c3ccccc3c3c(N(c4ccc(-c5ccccc5)cc4)c4ccc(-c5ccccc5)cc4)cccc32)c1. The van der Waals surface area contributed by atoms with E-state index in [0.29, 0.717) is 0 Å². The van der Waals surface area contributed by atoms with Crippen LogP contribution in [0, 0.1) is 6.92 Å². The van der Waals surface area contributed by atoms with Crippen molar-refractivity contribution in [2.24, 2.45) is 0 Å². The van der Waals surface area contributed by atoms with E-state index >= 15 is 0 Å². The van der Waals surface area contributed by atoms with Gasteiger partial charge in [0.1, 0.15) is 0 Å². The fourth-order valence-corrected chi connectivity index (χ4v) is 8.43. The molecule has 0 saturated heterocycles. The zero-order valence-electron chi connectivity index (χ0n) is 31.8. The number of aryl methyl sites for hydroxylation is 1. The van der Waals surface area contributed by atoms with Crippen LogP contribution in [-0.4, -0.2) is 4.57 Å². The summed E-state index contributed by atoms with van der Waals surface area (Å²) < 4.78 is 2.48. The lowest BCUT2D eigenvalue weighted by Gasteiger charge is -2.27. The molecule has 270 valence electrons. The smallest absolute Gasteiger partial charge is 0.0562 e. The molecule has 0 saturated carbocycles. The largest absolute Gasteiger partial charge is 0.310 e. The average Bonchev–Trinajstić information content (AvgIpc) is 3.62. The first kappa shape index (κ1) is 34.1. The van der Waals surface area contributed by atoms with Crippen molar-refractivity contribution < 1.29 is 0 Å². The molecule has 9 aromatic carbocycles. The number of anilines is 3. The van der Waals surface area contributed by atoms with Gasteiger partial charge in [0.25, 0.3) is 0 Å². The molecule has 0 radical (unpaired) electrons. The number of nitrogens with zero attached hydrogens (tertiary/aromatic N) is 2. The molecule has 1 aromatic heterocycles. The second kappa shape index (κ2) is 14.7. The molecule has 0 aliphatic heterocycles. The highest BCUT2D eigenvalue weighted by Crippen LogP contribution is 2.46. The summed E-state index contributed by atoms with van der Waals surface area (Å²) in [6, 6.07) is 81.2. The molecular weight excluding hydrogens is 689 g/mol. The Bertz CT molecular complexity index is 2900. The first-order valence-electron chi connectivity index (χ1n) is 19.6. The molecule has 0 N–H and O–H groups in total. The van der Waals surface area contributed by atoms with E-state index in [1.807, 2.05) is 0 Å². The Labute approximate surface area is 334 Å². The van der Waals surface area contributed by atoms with Crippen molar-refractivity contribution in [3.63, 3.8) is 0 Å². The predicted octanol–water partition coefficient (Wildman–Crippen LogP) is 15.2. The molecule has 0 aliphatic rings. The quantitative estimate of drug-likeness (QED) is 0.151. The second-order valence-electron chi connectivity index (χ2n) is 14.6. The first-order valence-corrected chi connectivity index (χ1v) is 19.6. The van der Waals surface area contributed by atoms with Crippen molar-refractivity contribution in [2.45, 2.75) is 6.92 Å². The van der Waals surface area contributed by atoms with E-state index in [4.69, 9.17) is 0 Å². The van der Waals surface area contributed by atoms with E-state index in [9.17, 15) is 0 Å². The lowest BCUT2D eigenvalue weighted by atomic mass is 9.92. The highest BCUT2D eigenvalue weighted by atomic mass is 15.1. The normalized spacial score (nSPS) is 11.2. The fraction of sp³-hybridized carbons (Fsp3) is 0.0182. The van der Waals surface area contributed by atoms with Crippen LogP contribution in [0.25, 0.3) is 72.0 Å². The van der Waals surface area contributed by atoms with Crippen LogP contribution in [0.5, 0.6) is 0 Å². The minimum Gasteiger partial charge on any atom is -0.310 e. The third-order valence-corrected chi connectivity index (χ3v) is 11.1. The number of hydrogen-bond acceptors (Lipinski definition) is 1. The van der Waals surface area contributed by atoms with Gasteiger partial charge in [0.15, 0.2) is 0 Å². The average molecular weight is 729 g/mol. The van der Waals surface area contributed by atoms with Gasteiger partial charge in [-0.15, -0.1) is 0 Å². The van der Waals surface area contributed by atoms with Crippen molar-refractivity contribution in [2.75, 3.05) is 4.90 Å². The molecule has 0 amide bonds. The Morgan fingerprint density at radius 3 is 1.47 bits per heavy atom. The minimum atomic E-state index is 1.10. The lowest BCUT2D eigenvalue weighted by molar-refractivity contribution is 1.18. The Kier molecular flexibility index (Phi) is 8.78. The number of fused-ring (bicyclic) bond motifs is 3. The van der Waals surface area contributed by atoms with Gasteiger partial charge in [-0.1, -0.05) is 181 Å². The summed E-state index contributed by atoms with van der Waals surface area (Å²) in [6.45, 7) is 2.17. The number of aromatic nitrogens is 1. The standard InChI is InChI=1S/C55H40N2/c1-39-16-13-23-45(38-39)54-48(44-21-9-4-10-22-44)25-14-27-51(54)57-50-26-12-11-24-49(50)55-52(28-15-29-53(55)57)56(46-34-30-42(31-35-46)40-17-5-2-6-18-40)47-36-32-43(33-37-47)41-19-7-3-8-20-41/h2-38H,1H3. The number of para-hydroxylation sites is 1. The van der Waals surface area contributed by atoms with Crippen LogP contribution in [0.1, 0.15) is 5.56 Å². The molecule has 0 fully saturated rings. The van der Waals surface area contributed by atoms with E-state index in [0.717, 1.165) is 33.8 Å². The number of hydrogen-bond donors (Lipinski definition) is 0. The maximum absolute atomic E-state index is 2.48. The zero-order valence-corrected chi connectivity index (χ0v) is 31.8. The molecule has 1 heterocycles. The molecule has 0 spiro atoms. The summed E-state index contributed by atoms with van der Waals surface area (Å²) in [7, 11) is 0. The van der Waals surface area contributed by atoms with E-state index in [1.165, 1.54) is 60.8 Å². The van der Waals surface area contributed by atoms with Crippen molar-refractivity contribution in [1.82, 2.24) is 4.57 Å². The van der Waals surface area contributed by atoms with E-state index in [-0.39, 0.29) is 0 Å². The second-order valence-corrected chi connectivity index (χ2v) is 14.6. The van der Waals surface area contributed by atoms with E-state index in [1.54, 1.807) is 0 Å². The van der Waals surface area contributed by atoms with Crippen LogP contribution in [0.15, 0.2) is 224 Å². The Balaban J connectivity index is 1.22. The molecular formula is C55H40N2. The van der Waals surface area contributed by atoms with E-state index in [2.05, 4.69) is 241 Å². The molecule has 10 aromatic rings. The molecule has 57 heavy (non-hydrogen) atoms. The maximum atomic E-state index is 2.48. The number of benzene rings is 9. The van der Waals surface area contributed by atoms with Crippen molar-refractivity contribution in [1.29, 1.82) is 0 Å². The Morgan fingerprint density at radius 1 is 0.368 bits per heavy atom. The van der Waals surface area contributed by atoms with Crippen molar-refractivity contribution in [3.05, 3.63) is 230 Å². The molecule has 0 aliphatic carbocycles. The lowest BCUT2D eigenvalue weighted by Crippen LogP contribution is -2.10. The van der Waals surface area contributed by atoms with Gasteiger partial charge in [-0.05, 0) is 94.4 Å². The number of rotatable bonds is 8. The van der Waals surface area contributed by atoms with Gasteiger partial charge in [0.2, 0.25) is 0 Å². The highest BCUT2D eigenvalue weighted by molar-refractivity contribution is 6.17. The maximum Gasteiger partial charge on any atom is 0.0562 e. The Hall–Kier alpha value is -7.42. The summed E-state index contributed by atoms with van der Waals surface area (Å²) in [6.07, 6.45) is 0. The monoisotopic (exact) mass is 728 g/mol. The molecule has 0 atom stereocenters. The third kappa shape index (κ3) is 6.28. The van der Waals surface area contributed by atoms with Crippen LogP contribution < -0.4 is 4.90 Å². The zero-order chi connectivity index (χ0) is 38.1. The van der Waals surface area contributed by atoms with Gasteiger partial charge in [0.05, 0.1) is 22.4 Å². The minimum absolute atomic E-state index is 1.10. The molecule has 10 rings (SSSR count). The van der Waals surface area contributed by atoms with Crippen LogP contribution >= 0.6 is 0 Å². The van der Waals surface area contributed by atoms with Crippen LogP contribution in [0.3, 0.4) is 0 Å². The summed E-state index contributed by atoms with van der Waals surface area (Å²) in [5.41, 5.74) is 17.6. The van der Waals surface area contributed by atoms with Gasteiger partial charge < -0.3 is 9.47 Å². The van der Waals surface area contributed by atoms with Crippen LogP contribution in [0.4, 0.5) is 17.1 Å². The van der Waals surface area contributed by atoms with Crippen molar-refractivity contribution >= 4 is 38.9 Å². The van der Waals surface area contributed by atoms with Gasteiger partial charge >= 0.3 is 0 Å². The summed E-state index contributed by atoms with van der Waals surface area (Å²) in [5.74, 6) is 0. The van der Waals surface area contributed by atoms with Crippen LogP contribution in [-0.2, 0) is 0 Å². The van der Waals surface area contributed by atoms with E-state index < -0.39 is 0 Å². The van der Waals surface area contributed by atoms with Crippen LogP contribution in [0.2, 0.25) is 0 Å².